The van der Waals surface area contributed by atoms with E-state index in [9.17, 15) is 8.42 Å². The molecular formula is C11H14O3S. The maximum Gasteiger partial charge on any atom is 0.157 e. The molecule has 1 rings (SSSR count). The quantitative estimate of drug-likeness (QED) is 0.719. The van der Waals surface area contributed by atoms with Crippen molar-refractivity contribution >= 4 is 9.84 Å². The van der Waals surface area contributed by atoms with Gasteiger partial charge in [0.05, 0.1) is 18.6 Å². The highest BCUT2D eigenvalue weighted by Crippen LogP contribution is 2.13. The lowest BCUT2D eigenvalue weighted by molar-refractivity contribution is 0.414. The zero-order valence-electron chi connectivity index (χ0n) is 8.64. The molecule has 0 amide bonds. The second kappa shape index (κ2) is 4.98. The predicted octanol–water partition coefficient (Wildman–Crippen LogP) is 1.80. The van der Waals surface area contributed by atoms with Gasteiger partial charge in [-0.25, -0.2) is 8.42 Å². The molecule has 0 aliphatic heterocycles. The number of sulfone groups is 1. The third kappa shape index (κ3) is 3.75. The lowest BCUT2D eigenvalue weighted by Crippen LogP contribution is -2.07. The molecule has 15 heavy (non-hydrogen) atoms. The van der Waals surface area contributed by atoms with Crippen LogP contribution >= 0.6 is 0 Å². The first-order valence-electron chi connectivity index (χ1n) is 4.51. The van der Waals surface area contributed by atoms with Gasteiger partial charge >= 0.3 is 0 Å². The smallest absolute Gasteiger partial charge is 0.157 e. The lowest BCUT2D eigenvalue weighted by Gasteiger charge is -2.03. The van der Waals surface area contributed by atoms with Crippen LogP contribution in [0.3, 0.4) is 0 Å². The Morgan fingerprint density at radius 3 is 2.40 bits per heavy atom. The Labute approximate surface area is 90.3 Å². The third-order valence-corrected chi connectivity index (χ3v) is 3.43. The Hall–Kier alpha value is -1.29. The standard InChI is InChI=1S/C11H14O3S/c1-3-8-15(12,13)9-10-4-6-11(14-2)7-5-10/h3-7H,1,8-9H2,2H3. The largest absolute Gasteiger partial charge is 0.497 e. The van der Waals surface area contributed by atoms with Crippen LogP contribution in [0, 0.1) is 0 Å². The molecule has 4 heteroatoms. The van der Waals surface area contributed by atoms with Crippen LogP contribution in [0.2, 0.25) is 0 Å². The van der Waals surface area contributed by atoms with Crippen molar-refractivity contribution in [1.29, 1.82) is 0 Å². The molecule has 0 aliphatic rings. The van der Waals surface area contributed by atoms with Crippen LogP contribution in [0.15, 0.2) is 36.9 Å². The Morgan fingerprint density at radius 1 is 1.33 bits per heavy atom. The molecule has 0 aliphatic carbocycles. The average molecular weight is 226 g/mol. The Balaban J connectivity index is 2.77. The summed E-state index contributed by atoms with van der Waals surface area (Å²) in [5.41, 5.74) is 0.762. The Bertz CT molecular complexity index is 418. The van der Waals surface area contributed by atoms with E-state index in [0.717, 1.165) is 11.3 Å². The molecule has 0 saturated carbocycles. The Morgan fingerprint density at radius 2 is 1.93 bits per heavy atom. The number of rotatable bonds is 5. The maximum atomic E-state index is 11.5. The molecule has 0 N–H and O–H groups in total. The first kappa shape index (κ1) is 11.8. The number of hydrogen-bond donors (Lipinski definition) is 0. The van der Waals surface area contributed by atoms with E-state index in [-0.39, 0.29) is 11.5 Å². The van der Waals surface area contributed by atoms with Gasteiger partial charge in [0.2, 0.25) is 0 Å². The van der Waals surface area contributed by atoms with Crippen molar-refractivity contribution in [3.8, 4) is 5.75 Å². The highest BCUT2D eigenvalue weighted by Gasteiger charge is 2.09. The van der Waals surface area contributed by atoms with Crippen LogP contribution < -0.4 is 4.74 Å². The SMILES string of the molecule is C=CCS(=O)(=O)Cc1ccc(OC)cc1. The van der Waals surface area contributed by atoms with Crippen LogP contribution in [-0.4, -0.2) is 21.3 Å². The molecule has 0 atom stereocenters. The molecule has 3 nitrogen and oxygen atoms in total. The minimum absolute atomic E-state index is 0.0129. The maximum absolute atomic E-state index is 11.5. The van der Waals surface area contributed by atoms with Crippen LogP contribution in [0.1, 0.15) is 5.56 Å². The summed E-state index contributed by atoms with van der Waals surface area (Å²) in [6.45, 7) is 3.42. The van der Waals surface area contributed by atoms with Crippen LogP contribution in [0.4, 0.5) is 0 Å². The molecule has 0 radical (unpaired) electrons. The van der Waals surface area contributed by atoms with E-state index in [4.69, 9.17) is 4.74 Å². The van der Waals surface area contributed by atoms with Gasteiger partial charge in [-0.1, -0.05) is 18.2 Å². The van der Waals surface area contributed by atoms with Gasteiger partial charge < -0.3 is 4.74 Å². The lowest BCUT2D eigenvalue weighted by atomic mass is 10.2. The van der Waals surface area contributed by atoms with Gasteiger partial charge in [-0.05, 0) is 17.7 Å². The summed E-state index contributed by atoms with van der Waals surface area (Å²) < 4.78 is 27.9. The fourth-order valence-corrected chi connectivity index (χ4v) is 2.39. The van der Waals surface area contributed by atoms with Gasteiger partial charge in [-0.3, -0.25) is 0 Å². The fourth-order valence-electron chi connectivity index (χ4n) is 1.21. The van der Waals surface area contributed by atoms with Crippen molar-refractivity contribution in [2.24, 2.45) is 0 Å². The topological polar surface area (TPSA) is 43.4 Å². The van der Waals surface area contributed by atoms with E-state index < -0.39 is 9.84 Å². The van der Waals surface area contributed by atoms with Crippen molar-refractivity contribution < 1.29 is 13.2 Å². The van der Waals surface area contributed by atoms with E-state index in [1.165, 1.54) is 6.08 Å². The van der Waals surface area contributed by atoms with Gasteiger partial charge in [-0.2, -0.15) is 0 Å². The molecule has 1 aromatic carbocycles. The van der Waals surface area contributed by atoms with Crippen molar-refractivity contribution in [2.45, 2.75) is 5.75 Å². The molecule has 0 heterocycles. The molecule has 0 bridgehead atoms. The van der Waals surface area contributed by atoms with Crippen LogP contribution in [0.25, 0.3) is 0 Å². The molecule has 0 saturated heterocycles. The number of hydrogen-bond acceptors (Lipinski definition) is 3. The van der Waals surface area contributed by atoms with Crippen molar-refractivity contribution in [3.63, 3.8) is 0 Å². The number of benzene rings is 1. The molecule has 1 aromatic rings. The normalized spacial score (nSPS) is 11.0. The van der Waals surface area contributed by atoms with E-state index in [0.29, 0.717) is 0 Å². The zero-order valence-corrected chi connectivity index (χ0v) is 9.46. The van der Waals surface area contributed by atoms with Crippen LogP contribution in [0.5, 0.6) is 5.75 Å². The average Bonchev–Trinajstić information content (AvgIpc) is 2.18. The van der Waals surface area contributed by atoms with E-state index >= 15 is 0 Å². The van der Waals surface area contributed by atoms with Gasteiger partial charge in [-0.15, -0.1) is 6.58 Å². The van der Waals surface area contributed by atoms with E-state index in [2.05, 4.69) is 6.58 Å². The minimum Gasteiger partial charge on any atom is -0.497 e. The second-order valence-corrected chi connectivity index (χ2v) is 5.30. The summed E-state index contributed by atoms with van der Waals surface area (Å²) in [6, 6.07) is 7.00. The number of ether oxygens (including phenoxy) is 1. The van der Waals surface area contributed by atoms with Gasteiger partial charge in [0, 0.05) is 0 Å². The minimum atomic E-state index is -3.06. The summed E-state index contributed by atoms with van der Waals surface area (Å²) in [7, 11) is -1.49. The van der Waals surface area contributed by atoms with E-state index in [1.54, 1.807) is 31.4 Å². The summed E-state index contributed by atoms with van der Waals surface area (Å²) in [5, 5.41) is 0. The molecule has 0 fully saturated rings. The van der Waals surface area contributed by atoms with Crippen molar-refractivity contribution in [1.82, 2.24) is 0 Å². The fraction of sp³-hybridized carbons (Fsp3) is 0.273. The molecule has 0 unspecified atom stereocenters. The van der Waals surface area contributed by atoms with E-state index in [1.807, 2.05) is 0 Å². The monoisotopic (exact) mass is 226 g/mol. The summed E-state index contributed by atoms with van der Waals surface area (Å²) in [6.07, 6.45) is 1.40. The summed E-state index contributed by atoms with van der Waals surface area (Å²) in [5.74, 6) is 0.780. The third-order valence-electron chi connectivity index (χ3n) is 1.92. The summed E-state index contributed by atoms with van der Waals surface area (Å²) in [4.78, 5) is 0. The van der Waals surface area contributed by atoms with Gasteiger partial charge in [0.1, 0.15) is 5.75 Å². The first-order valence-corrected chi connectivity index (χ1v) is 6.34. The molecular weight excluding hydrogens is 212 g/mol. The molecule has 0 spiro atoms. The predicted molar refractivity (Wildman–Crippen MR) is 60.7 cm³/mol. The summed E-state index contributed by atoms with van der Waals surface area (Å²) >= 11 is 0. The zero-order chi connectivity index (χ0) is 11.3. The Kier molecular flexibility index (Phi) is 3.91. The highest BCUT2D eigenvalue weighted by molar-refractivity contribution is 7.90. The molecule has 82 valence electrons. The number of methoxy groups -OCH3 is 1. The van der Waals surface area contributed by atoms with Crippen molar-refractivity contribution in [2.75, 3.05) is 12.9 Å². The van der Waals surface area contributed by atoms with Gasteiger partial charge in [0.15, 0.2) is 9.84 Å². The van der Waals surface area contributed by atoms with Crippen molar-refractivity contribution in [3.05, 3.63) is 42.5 Å². The highest BCUT2D eigenvalue weighted by atomic mass is 32.2. The van der Waals surface area contributed by atoms with Gasteiger partial charge in [0.25, 0.3) is 0 Å². The first-order chi connectivity index (χ1) is 7.07. The second-order valence-electron chi connectivity index (χ2n) is 3.19. The van der Waals surface area contributed by atoms with Crippen LogP contribution in [-0.2, 0) is 15.6 Å². The molecule has 0 aromatic heterocycles.